The van der Waals surface area contributed by atoms with Gasteiger partial charge >= 0.3 is 0 Å². The van der Waals surface area contributed by atoms with Crippen LogP contribution >= 0.6 is 0 Å². The molecule has 0 N–H and O–H groups in total. The highest BCUT2D eigenvalue weighted by molar-refractivity contribution is 6.33. The smallest absolute Gasteiger partial charge is 0.0401 e. The van der Waals surface area contributed by atoms with E-state index in [0.29, 0.717) is 0 Å². The number of rotatable bonds is 9. The van der Waals surface area contributed by atoms with E-state index in [9.17, 15) is 0 Å². The van der Waals surface area contributed by atoms with E-state index >= 15 is 0 Å². The van der Waals surface area contributed by atoms with Crippen LogP contribution in [-0.2, 0) is 12.8 Å². The summed E-state index contributed by atoms with van der Waals surface area (Å²) in [6.07, 6.45) is 7.77. The SMILES string of the molecule is CCCCc1c([SiH3])ccc(N(CC)CC)c1CCCC. The third-order valence-corrected chi connectivity index (χ3v) is 5.24. The van der Waals surface area contributed by atoms with Crippen molar-refractivity contribution >= 4 is 21.1 Å². The second kappa shape index (κ2) is 9.22. The molecule has 0 fully saturated rings. The molecule has 0 bridgehead atoms. The molecule has 0 aliphatic carbocycles. The van der Waals surface area contributed by atoms with Crippen molar-refractivity contribution in [2.45, 2.75) is 66.2 Å². The van der Waals surface area contributed by atoms with Crippen molar-refractivity contribution in [3.63, 3.8) is 0 Å². The van der Waals surface area contributed by atoms with Gasteiger partial charge in [0, 0.05) is 29.0 Å². The third-order valence-electron chi connectivity index (χ3n) is 4.31. The van der Waals surface area contributed by atoms with Crippen LogP contribution in [0.3, 0.4) is 0 Å². The maximum Gasteiger partial charge on any atom is 0.0401 e. The molecule has 0 heterocycles. The molecule has 20 heavy (non-hydrogen) atoms. The number of unbranched alkanes of at least 4 members (excludes halogenated alkanes) is 2. The Balaban J connectivity index is 3.20. The summed E-state index contributed by atoms with van der Waals surface area (Å²) < 4.78 is 0. The van der Waals surface area contributed by atoms with Gasteiger partial charge in [0.25, 0.3) is 0 Å². The van der Waals surface area contributed by atoms with Crippen molar-refractivity contribution in [1.29, 1.82) is 0 Å². The van der Waals surface area contributed by atoms with E-state index in [2.05, 4.69) is 44.7 Å². The lowest BCUT2D eigenvalue weighted by atomic mass is 9.95. The fourth-order valence-corrected chi connectivity index (χ4v) is 3.71. The van der Waals surface area contributed by atoms with E-state index < -0.39 is 0 Å². The number of nitrogens with zero attached hydrogens (tertiary/aromatic N) is 1. The van der Waals surface area contributed by atoms with Crippen LogP contribution in [0.25, 0.3) is 0 Å². The van der Waals surface area contributed by atoms with E-state index in [1.165, 1.54) is 54.5 Å². The van der Waals surface area contributed by atoms with E-state index in [1.807, 2.05) is 0 Å². The molecule has 0 saturated heterocycles. The minimum Gasteiger partial charge on any atom is -0.372 e. The summed E-state index contributed by atoms with van der Waals surface area (Å²) >= 11 is 0. The van der Waals surface area contributed by atoms with Crippen molar-refractivity contribution < 1.29 is 0 Å². The molecule has 0 amide bonds. The molecule has 1 nitrogen and oxygen atoms in total. The first-order valence-electron chi connectivity index (χ1n) is 8.55. The summed E-state index contributed by atoms with van der Waals surface area (Å²) in [5, 5.41) is 1.63. The van der Waals surface area contributed by atoms with Crippen LogP contribution in [0.4, 0.5) is 5.69 Å². The molecule has 0 saturated carbocycles. The average Bonchev–Trinajstić information content (AvgIpc) is 2.46. The predicted octanol–water partition coefficient (Wildman–Crippen LogP) is 3.21. The van der Waals surface area contributed by atoms with Gasteiger partial charge in [-0.05, 0) is 56.7 Å². The van der Waals surface area contributed by atoms with Crippen molar-refractivity contribution in [3.8, 4) is 0 Å². The lowest BCUT2D eigenvalue weighted by Crippen LogP contribution is -2.26. The first kappa shape index (κ1) is 17.3. The molecule has 0 aromatic heterocycles. The molecule has 1 rings (SSSR count). The number of hydrogen-bond donors (Lipinski definition) is 0. The van der Waals surface area contributed by atoms with Crippen LogP contribution < -0.4 is 10.1 Å². The fourth-order valence-electron chi connectivity index (χ4n) is 2.99. The van der Waals surface area contributed by atoms with Crippen molar-refractivity contribution in [2.75, 3.05) is 18.0 Å². The maximum absolute atomic E-state index is 2.53. The van der Waals surface area contributed by atoms with Gasteiger partial charge in [-0.25, -0.2) is 0 Å². The molecular weight excluding hydrogens is 258 g/mol. The zero-order valence-electron chi connectivity index (χ0n) is 14.3. The Labute approximate surface area is 129 Å². The van der Waals surface area contributed by atoms with Gasteiger partial charge in [0.2, 0.25) is 0 Å². The van der Waals surface area contributed by atoms with Crippen LogP contribution in [-0.4, -0.2) is 23.3 Å². The summed E-state index contributed by atoms with van der Waals surface area (Å²) in [4.78, 5) is 2.53. The summed E-state index contributed by atoms with van der Waals surface area (Å²) in [6.45, 7) is 11.4. The molecular formula is C18H33NSi. The second-order valence-electron chi connectivity index (χ2n) is 5.74. The minimum atomic E-state index is 1.11. The molecule has 2 heteroatoms. The van der Waals surface area contributed by atoms with Gasteiger partial charge in [0.15, 0.2) is 0 Å². The maximum atomic E-state index is 2.53. The summed E-state index contributed by atoms with van der Waals surface area (Å²) in [5.41, 5.74) is 4.86. The summed E-state index contributed by atoms with van der Waals surface area (Å²) in [7, 11) is 1.18. The summed E-state index contributed by atoms with van der Waals surface area (Å²) in [6, 6.07) is 4.77. The van der Waals surface area contributed by atoms with Crippen LogP contribution in [0.1, 0.15) is 64.5 Å². The molecule has 1 aromatic rings. The Kier molecular flexibility index (Phi) is 7.97. The molecule has 0 radical (unpaired) electrons. The standard InChI is InChI=1S/C18H33NSi/c1-5-9-11-15-16(12-10-6-2)18(20)14-13-17(15)19(7-3)8-4/h13-14H,5-12H2,1-4,20H3. The Morgan fingerprint density at radius 1 is 0.850 bits per heavy atom. The molecule has 0 spiro atoms. The predicted molar refractivity (Wildman–Crippen MR) is 96.8 cm³/mol. The summed E-state index contributed by atoms with van der Waals surface area (Å²) in [5.74, 6) is 0. The molecule has 1 aromatic carbocycles. The van der Waals surface area contributed by atoms with Gasteiger partial charge in [-0.2, -0.15) is 0 Å². The van der Waals surface area contributed by atoms with Crippen LogP contribution in [0, 0.1) is 0 Å². The Morgan fingerprint density at radius 2 is 1.40 bits per heavy atom. The van der Waals surface area contributed by atoms with E-state index in [-0.39, 0.29) is 0 Å². The lowest BCUT2D eigenvalue weighted by Gasteiger charge is -2.27. The lowest BCUT2D eigenvalue weighted by molar-refractivity contribution is 0.752. The quantitative estimate of drug-likeness (QED) is 0.632. The number of benzene rings is 1. The van der Waals surface area contributed by atoms with Gasteiger partial charge in [0.05, 0.1) is 0 Å². The Morgan fingerprint density at radius 3 is 1.90 bits per heavy atom. The average molecular weight is 292 g/mol. The first-order valence-corrected chi connectivity index (χ1v) is 9.55. The van der Waals surface area contributed by atoms with Crippen molar-refractivity contribution in [3.05, 3.63) is 23.3 Å². The molecule has 0 unspecified atom stereocenters. The van der Waals surface area contributed by atoms with Gasteiger partial charge in [0.1, 0.15) is 0 Å². The third kappa shape index (κ3) is 4.37. The van der Waals surface area contributed by atoms with E-state index in [4.69, 9.17) is 0 Å². The molecule has 0 aliphatic heterocycles. The molecule has 0 aliphatic rings. The highest BCUT2D eigenvalue weighted by atomic mass is 28.1. The highest BCUT2D eigenvalue weighted by Gasteiger charge is 2.14. The highest BCUT2D eigenvalue weighted by Crippen LogP contribution is 2.26. The minimum absolute atomic E-state index is 1.11. The van der Waals surface area contributed by atoms with Gasteiger partial charge in [-0.15, -0.1) is 0 Å². The monoisotopic (exact) mass is 291 g/mol. The zero-order valence-corrected chi connectivity index (χ0v) is 16.3. The normalized spacial score (nSPS) is 11.0. The van der Waals surface area contributed by atoms with Crippen molar-refractivity contribution in [1.82, 2.24) is 0 Å². The fraction of sp³-hybridized carbons (Fsp3) is 0.667. The van der Waals surface area contributed by atoms with E-state index in [0.717, 1.165) is 13.1 Å². The van der Waals surface area contributed by atoms with Gasteiger partial charge < -0.3 is 4.90 Å². The van der Waals surface area contributed by atoms with Crippen LogP contribution in [0.15, 0.2) is 12.1 Å². The van der Waals surface area contributed by atoms with E-state index in [1.54, 1.807) is 16.3 Å². The second-order valence-corrected chi connectivity index (χ2v) is 6.82. The van der Waals surface area contributed by atoms with Crippen molar-refractivity contribution in [2.24, 2.45) is 0 Å². The largest absolute Gasteiger partial charge is 0.372 e. The van der Waals surface area contributed by atoms with Crippen LogP contribution in [0.5, 0.6) is 0 Å². The van der Waals surface area contributed by atoms with Crippen LogP contribution in [0.2, 0.25) is 0 Å². The van der Waals surface area contributed by atoms with Gasteiger partial charge in [-0.3, -0.25) is 0 Å². The Bertz CT molecular complexity index is 397. The Hall–Kier alpha value is -0.763. The molecule has 114 valence electrons. The zero-order chi connectivity index (χ0) is 15.0. The number of hydrogen-bond acceptors (Lipinski definition) is 1. The number of anilines is 1. The first-order chi connectivity index (χ1) is 9.69. The molecule has 0 atom stereocenters. The van der Waals surface area contributed by atoms with Gasteiger partial charge in [-0.1, -0.05) is 37.9 Å². The topological polar surface area (TPSA) is 3.24 Å².